The molecule has 0 spiro atoms. The first-order chi connectivity index (χ1) is 8.70. The predicted molar refractivity (Wildman–Crippen MR) is 71.2 cm³/mol. The lowest BCUT2D eigenvalue weighted by atomic mass is 10.2. The summed E-state index contributed by atoms with van der Waals surface area (Å²) >= 11 is 3.03. The van der Waals surface area contributed by atoms with Gasteiger partial charge in [-0.05, 0) is 42.8 Å². The second-order valence-electron chi connectivity index (χ2n) is 5.08. The van der Waals surface area contributed by atoms with E-state index in [4.69, 9.17) is 4.74 Å². The van der Waals surface area contributed by atoms with E-state index in [0.717, 1.165) is 10.6 Å². The number of carbonyl (C=O) groups is 1. The molecule has 0 aliphatic carbocycles. The molecule has 0 bridgehead atoms. The van der Waals surface area contributed by atoms with Crippen molar-refractivity contribution < 1.29 is 18.3 Å². The Morgan fingerprint density at radius 2 is 1.95 bits per heavy atom. The third-order valence-electron chi connectivity index (χ3n) is 2.40. The van der Waals surface area contributed by atoms with E-state index in [-0.39, 0.29) is 15.4 Å². The number of carbonyl (C=O) groups excluding carboxylic acids is 1. The lowest BCUT2D eigenvalue weighted by Crippen LogP contribution is -2.26. The number of aromatic nitrogens is 1. The third kappa shape index (κ3) is 2.63. The molecule has 2 aromatic rings. The maximum absolute atomic E-state index is 13.8. The van der Waals surface area contributed by atoms with Crippen LogP contribution < -0.4 is 0 Å². The number of hydrogen-bond donors (Lipinski definition) is 0. The van der Waals surface area contributed by atoms with E-state index in [9.17, 15) is 13.6 Å². The van der Waals surface area contributed by atoms with Crippen molar-refractivity contribution in [1.82, 2.24) is 4.57 Å². The first kappa shape index (κ1) is 14.0. The molecule has 0 radical (unpaired) electrons. The monoisotopic (exact) mass is 331 g/mol. The molecule has 6 heteroatoms. The maximum Gasteiger partial charge on any atom is 0.419 e. The zero-order valence-corrected chi connectivity index (χ0v) is 12.2. The third-order valence-corrected chi connectivity index (χ3v) is 3.21. The molecule has 0 amide bonds. The molecule has 102 valence electrons. The average molecular weight is 332 g/mol. The van der Waals surface area contributed by atoms with Crippen molar-refractivity contribution in [1.29, 1.82) is 0 Å². The van der Waals surface area contributed by atoms with Crippen LogP contribution in [0.1, 0.15) is 20.8 Å². The van der Waals surface area contributed by atoms with Crippen molar-refractivity contribution >= 4 is 32.9 Å². The fourth-order valence-electron chi connectivity index (χ4n) is 1.69. The molecule has 3 nitrogen and oxygen atoms in total. The molecular formula is C13H12BrF2NO2. The Morgan fingerprint density at radius 3 is 2.53 bits per heavy atom. The maximum atomic E-state index is 13.8. The second kappa shape index (κ2) is 4.59. The van der Waals surface area contributed by atoms with Gasteiger partial charge in [0, 0.05) is 17.6 Å². The van der Waals surface area contributed by atoms with Crippen LogP contribution in [0.25, 0.3) is 10.9 Å². The van der Waals surface area contributed by atoms with Crippen molar-refractivity contribution in [2.75, 3.05) is 0 Å². The van der Waals surface area contributed by atoms with Gasteiger partial charge in [-0.25, -0.2) is 18.1 Å². The minimum atomic E-state index is -0.813. The summed E-state index contributed by atoms with van der Waals surface area (Å²) in [5.74, 6) is -1.53. The number of halogens is 3. The molecule has 0 saturated heterocycles. The van der Waals surface area contributed by atoms with Gasteiger partial charge in [0.25, 0.3) is 0 Å². The Hall–Kier alpha value is -1.43. The smallest absolute Gasteiger partial charge is 0.419 e. The van der Waals surface area contributed by atoms with Gasteiger partial charge in [-0.1, -0.05) is 0 Å². The van der Waals surface area contributed by atoms with Crippen LogP contribution in [0.3, 0.4) is 0 Å². The molecule has 2 rings (SSSR count). The Kier molecular flexibility index (Phi) is 3.38. The van der Waals surface area contributed by atoms with Crippen molar-refractivity contribution in [2.45, 2.75) is 26.4 Å². The zero-order valence-electron chi connectivity index (χ0n) is 10.6. The van der Waals surface area contributed by atoms with Gasteiger partial charge in [-0.2, -0.15) is 0 Å². The van der Waals surface area contributed by atoms with Crippen LogP contribution in [-0.4, -0.2) is 16.3 Å². The van der Waals surface area contributed by atoms with E-state index in [0.29, 0.717) is 0 Å². The summed E-state index contributed by atoms with van der Waals surface area (Å²) in [6.07, 6.45) is 0.645. The number of benzene rings is 1. The Bertz CT molecular complexity index is 659. The predicted octanol–water partition coefficient (Wildman–Crippen LogP) is 4.47. The highest BCUT2D eigenvalue weighted by atomic mass is 79.9. The highest BCUT2D eigenvalue weighted by molar-refractivity contribution is 9.10. The molecule has 0 unspecified atom stereocenters. The summed E-state index contributed by atoms with van der Waals surface area (Å²) in [7, 11) is 0. The zero-order chi connectivity index (χ0) is 14.4. The first-order valence-electron chi connectivity index (χ1n) is 5.58. The normalized spacial score (nSPS) is 11.9. The Balaban J connectivity index is 2.58. The van der Waals surface area contributed by atoms with Crippen LogP contribution in [0, 0.1) is 11.6 Å². The molecule has 0 atom stereocenters. The lowest BCUT2D eigenvalue weighted by molar-refractivity contribution is 0.0543. The summed E-state index contributed by atoms with van der Waals surface area (Å²) in [6, 6.07) is 2.18. The molecule has 0 saturated carbocycles. The standard InChI is InChI=1S/C13H12BrF2NO2/c1-13(2,3)19-12(18)17-5-4-7-10(14)8(15)6-9(16)11(7)17/h4-6H,1-3H3. The summed E-state index contributed by atoms with van der Waals surface area (Å²) in [6.45, 7) is 5.13. The van der Waals surface area contributed by atoms with Crippen LogP contribution in [0.5, 0.6) is 0 Å². The molecule has 1 aromatic carbocycles. The minimum absolute atomic E-state index is 0.0116. The summed E-state index contributed by atoms with van der Waals surface area (Å²) < 4.78 is 33.5. The lowest BCUT2D eigenvalue weighted by Gasteiger charge is -2.19. The van der Waals surface area contributed by atoms with E-state index < -0.39 is 23.3 Å². The van der Waals surface area contributed by atoms with E-state index in [2.05, 4.69) is 15.9 Å². The second-order valence-corrected chi connectivity index (χ2v) is 5.88. The van der Waals surface area contributed by atoms with Crippen molar-refractivity contribution in [2.24, 2.45) is 0 Å². The molecule has 0 N–H and O–H groups in total. The van der Waals surface area contributed by atoms with Gasteiger partial charge in [0.05, 0.1) is 9.99 Å². The highest BCUT2D eigenvalue weighted by Crippen LogP contribution is 2.30. The first-order valence-corrected chi connectivity index (χ1v) is 6.38. The van der Waals surface area contributed by atoms with Crippen molar-refractivity contribution in [3.05, 3.63) is 34.4 Å². The fourth-order valence-corrected chi connectivity index (χ4v) is 2.12. The Labute approximate surface area is 117 Å². The number of ether oxygens (including phenoxy) is 1. The van der Waals surface area contributed by atoms with Gasteiger partial charge in [0.2, 0.25) is 0 Å². The molecule has 0 aliphatic rings. The Morgan fingerprint density at radius 1 is 1.32 bits per heavy atom. The number of rotatable bonds is 0. The van der Waals surface area contributed by atoms with E-state index >= 15 is 0 Å². The molecule has 1 aromatic heterocycles. The van der Waals surface area contributed by atoms with Crippen LogP contribution in [0.2, 0.25) is 0 Å². The number of nitrogens with zero attached hydrogens (tertiary/aromatic N) is 1. The van der Waals surface area contributed by atoms with Crippen LogP contribution in [0.4, 0.5) is 13.6 Å². The van der Waals surface area contributed by atoms with Crippen LogP contribution in [0.15, 0.2) is 22.8 Å². The van der Waals surface area contributed by atoms with Gasteiger partial charge in [0.15, 0.2) is 5.82 Å². The van der Waals surface area contributed by atoms with Gasteiger partial charge in [0.1, 0.15) is 11.4 Å². The SMILES string of the molecule is CC(C)(C)OC(=O)n1ccc2c(Br)c(F)cc(F)c21. The summed E-state index contributed by atoms with van der Waals surface area (Å²) in [4.78, 5) is 11.9. The molecule has 0 aliphatic heterocycles. The number of hydrogen-bond acceptors (Lipinski definition) is 2. The van der Waals surface area contributed by atoms with Gasteiger partial charge < -0.3 is 4.74 Å². The van der Waals surface area contributed by atoms with Crippen LogP contribution in [-0.2, 0) is 4.74 Å². The van der Waals surface area contributed by atoms with Gasteiger partial charge in [-0.3, -0.25) is 0 Å². The van der Waals surface area contributed by atoms with E-state index in [1.807, 2.05) is 0 Å². The van der Waals surface area contributed by atoms with E-state index in [1.54, 1.807) is 20.8 Å². The quantitative estimate of drug-likeness (QED) is 0.667. The molecule has 0 fully saturated rings. The molecule has 1 heterocycles. The average Bonchev–Trinajstić information content (AvgIpc) is 2.68. The topological polar surface area (TPSA) is 31.2 Å². The van der Waals surface area contributed by atoms with E-state index in [1.165, 1.54) is 12.3 Å². The van der Waals surface area contributed by atoms with Gasteiger partial charge >= 0.3 is 6.09 Å². The number of fused-ring (bicyclic) bond motifs is 1. The molecular weight excluding hydrogens is 320 g/mol. The summed E-state index contributed by atoms with van der Waals surface area (Å²) in [5.41, 5.74) is -0.705. The fraction of sp³-hybridized carbons (Fsp3) is 0.308. The van der Waals surface area contributed by atoms with Crippen molar-refractivity contribution in [3.63, 3.8) is 0 Å². The summed E-state index contributed by atoms with van der Waals surface area (Å²) in [5, 5.41) is 0.281. The largest absolute Gasteiger partial charge is 0.443 e. The van der Waals surface area contributed by atoms with Gasteiger partial charge in [-0.15, -0.1) is 0 Å². The van der Waals surface area contributed by atoms with Crippen molar-refractivity contribution in [3.8, 4) is 0 Å². The van der Waals surface area contributed by atoms with Crippen LogP contribution >= 0.6 is 15.9 Å². The molecule has 19 heavy (non-hydrogen) atoms. The minimum Gasteiger partial charge on any atom is -0.443 e. The highest BCUT2D eigenvalue weighted by Gasteiger charge is 2.22.